The number of H-pyrrole nitrogens is 1. The normalized spacial score (nSPS) is 14.3. The van der Waals surface area contributed by atoms with Crippen molar-refractivity contribution in [2.24, 2.45) is 0 Å². The van der Waals surface area contributed by atoms with Gasteiger partial charge in [0, 0.05) is 23.1 Å². The van der Waals surface area contributed by atoms with Gasteiger partial charge in [0.1, 0.15) is 9.77 Å². The standard InChI is InChI=1S/C17H16N4O3S2/c18-15-13(26(23,24)11-4-2-1-3-5-11)9-25-16(15)17(22)19-14-8-12(20-21-14)10-6-7-10/h1-5,8-10H,6-7,18H2,(H2,19,20,21,22). The first-order valence-corrected chi connectivity index (χ1v) is 10.4. The van der Waals surface area contributed by atoms with Crippen molar-refractivity contribution in [3.8, 4) is 0 Å². The summed E-state index contributed by atoms with van der Waals surface area (Å²) in [5.41, 5.74) is 6.93. The summed E-state index contributed by atoms with van der Waals surface area (Å²) in [6.45, 7) is 0. The highest BCUT2D eigenvalue weighted by Gasteiger charge is 2.28. The number of aromatic amines is 1. The Morgan fingerprint density at radius 2 is 2.00 bits per heavy atom. The predicted octanol–water partition coefficient (Wildman–Crippen LogP) is 3.02. The fraction of sp³-hybridized carbons (Fsp3) is 0.176. The number of thiophene rings is 1. The van der Waals surface area contributed by atoms with E-state index in [-0.39, 0.29) is 20.4 Å². The lowest BCUT2D eigenvalue weighted by Crippen LogP contribution is -2.13. The van der Waals surface area contributed by atoms with Crippen molar-refractivity contribution in [2.75, 3.05) is 11.1 Å². The first-order chi connectivity index (χ1) is 12.5. The highest BCUT2D eigenvalue weighted by molar-refractivity contribution is 7.91. The first-order valence-electron chi connectivity index (χ1n) is 8.00. The minimum absolute atomic E-state index is 0.0469. The van der Waals surface area contributed by atoms with Crippen molar-refractivity contribution >= 4 is 38.6 Å². The molecule has 2 aromatic heterocycles. The van der Waals surface area contributed by atoms with Crippen LogP contribution in [0.5, 0.6) is 0 Å². The molecular weight excluding hydrogens is 372 g/mol. The zero-order valence-corrected chi connectivity index (χ0v) is 15.2. The van der Waals surface area contributed by atoms with Crippen molar-refractivity contribution in [1.82, 2.24) is 10.2 Å². The molecule has 0 bridgehead atoms. The molecule has 0 spiro atoms. The molecule has 1 saturated carbocycles. The third-order valence-corrected chi connectivity index (χ3v) is 7.15. The minimum atomic E-state index is -3.77. The Kier molecular flexibility index (Phi) is 4.04. The molecule has 26 heavy (non-hydrogen) atoms. The second kappa shape index (κ2) is 6.26. The molecule has 3 aromatic rings. The minimum Gasteiger partial charge on any atom is -0.396 e. The Morgan fingerprint density at radius 3 is 2.69 bits per heavy atom. The van der Waals surface area contributed by atoms with Crippen molar-refractivity contribution < 1.29 is 13.2 Å². The van der Waals surface area contributed by atoms with E-state index < -0.39 is 15.7 Å². The maximum atomic E-state index is 12.7. The molecule has 4 rings (SSSR count). The lowest BCUT2D eigenvalue weighted by atomic mass is 10.3. The molecule has 1 fully saturated rings. The van der Waals surface area contributed by atoms with Crippen molar-refractivity contribution in [1.29, 1.82) is 0 Å². The molecule has 0 saturated heterocycles. The van der Waals surface area contributed by atoms with Crippen molar-refractivity contribution in [3.63, 3.8) is 0 Å². The Morgan fingerprint density at radius 1 is 1.27 bits per heavy atom. The molecule has 4 N–H and O–H groups in total. The van der Waals surface area contributed by atoms with E-state index in [1.54, 1.807) is 24.3 Å². The SMILES string of the molecule is Nc1c(S(=O)(=O)c2ccccc2)csc1C(=O)Nc1cc(C2CC2)[nH]n1. The van der Waals surface area contributed by atoms with Crippen LogP contribution in [0.3, 0.4) is 0 Å². The fourth-order valence-corrected chi connectivity index (χ4v) is 5.26. The number of nitrogens with two attached hydrogens (primary N) is 1. The molecule has 1 aromatic carbocycles. The van der Waals surface area contributed by atoms with Crippen LogP contribution in [0.4, 0.5) is 11.5 Å². The van der Waals surface area contributed by atoms with Gasteiger partial charge in [0.2, 0.25) is 9.84 Å². The molecule has 1 amide bonds. The van der Waals surface area contributed by atoms with Gasteiger partial charge < -0.3 is 11.1 Å². The fourth-order valence-electron chi connectivity index (χ4n) is 2.64. The maximum absolute atomic E-state index is 12.7. The molecular formula is C17H16N4O3S2. The van der Waals surface area contributed by atoms with Gasteiger partial charge in [-0.2, -0.15) is 5.10 Å². The van der Waals surface area contributed by atoms with Gasteiger partial charge in [-0.05, 0) is 25.0 Å². The lowest BCUT2D eigenvalue weighted by molar-refractivity contribution is 0.103. The van der Waals surface area contributed by atoms with Crippen LogP contribution in [-0.2, 0) is 9.84 Å². The van der Waals surface area contributed by atoms with Gasteiger partial charge in [0.15, 0.2) is 5.82 Å². The number of sulfone groups is 1. The molecule has 1 aliphatic carbocycles. The summed E-state index contributed by atoms with van der Waals surface area (Å²) in [7, 11) is -3.77. The lowest BCUT2D eigenvalue weighted by Gasteiger charge is -2.05. The summed E-state index contributed by atoms with van der Waals surface area (Å²) in [5.74, 6) is 0.413. The number of hydrogen-bond acceptors (Lipinski definition) is 6. The summed E-state index contributed by atoms with van der Waals surface area (Å²) in [4.78, 5) is 12.7. The summed E-state index contributed by atoms with van der Waals surface area (Å²) < 4.78 is 25.4. The van der Waals surface area contributed by atoms with Gasteiger partial charge in [-0.15, -0.1) is 11.3 Å². The van der Waals surface area contributed by atoms with Crippen LogP contribution in [0.1, 0.15) is 34.1 Å². The Labute approximate surface area is 154 Å². The number of aromatic nitrogens is 2. The quantitative estimate of drug-likeness (QED) is 0.621. The smallest absolute Gasteiger partial charge is 0.269 e. The number of amides is 1. The van der Waals surface area contributed by atoms with Gasteiger partial charge in [0.25, 0.3) is 5.91 Å². The predicted molar refractivity (Wildman–Crippen MR) is 99.1 cm³/mol. The van der Waals surface area contributed by atoms with Crippen LogP contribution in [0.25, 0.3) is 0 Å². The highest BCUT2D eigenvalue weighted by Crippen LogP contribution is 2.39. The number of benzene rings is 1. The molecule has 2 heterocycles. The number of carbonyl (C=O) groups is 1. The van der Waals surface area contributed by atoms with E-state index in [0.717, 1.165) is 29.9 Å². The van der Waals surface area contributed by atoms with Gasteiger partial charge in [-0.1, -0.05) is 18.2 Å². The molecule has 9 heteroatoms. The average molecular weight is 388 g/mol. The first kappa shape index (κ1) is 16.8. The van der Waals surface area contributed by atoms with E-state index >= 15 is 0 Å². The molecule has 0 atom stereocenters. The van der Waals surface area contributed by atoms with Gasteiger partial charge >= 0.3 is 0 Å². The number of rotatable bonds is 5. The van der Waals surface area contributed by atoms with Crippen LogP contribution in [-0.4, -0.2) is 24.5 Å². The second-order valence-corrected chi connectivity index (χ2v) is 8.89. The van der Waals surface area contributed by atoms with E-state index in [1.807, 2.05) is 0 Å². The summed E-state index contributed by atoms with van der Waals surface area (Å²) >= 11 is 0.996. The number of hydrogen-bond donors (Lipinski definition) is 3. The van der Waals surface area contributed by atoms with Crippen LogP contribution >= 0.6 is 11.3 Å². The number of nitrogens with zero attached hydrogens (tertiary/aromatic N) is 1. The summed E-state index contributed by atoms with van der Waals surface area (Å²) in [6, 6.07) is 9.79. The number of nitrogen functional groups attached to an aromatic ring is 1. The Bertz CT molecular complexity index is 1070. The summed E-state index contributed by atoms with van der Waals surface area (Å²) in [5, 5.41) is 11.0. The van der Waals surface area contributed by atoms with E-state index in [9.17, 15) is 13.2 Å². The molecule has 1 aliphatic rings. The number of anilines is 2. The van der Waals surface area contributed by atoms with Crippen LogP contribution in [0.15, 0.2) is 51.6 Å². The third-order valence-electron chi connectivity index (χ3n) is 4.20. The molecule has 0 radical (unpaired) electrons. The number of nitrogens with one attached hydrogen (secondary N) is 2. The topological polar surface area (TPSA) is 118 Å². The van der Waals surface area contributed by atoms with Gasteiger partial charge in [-0.25, -0.2) is 8.42 Å². The van der Waals surface area contributed by atoms with Crippen LogP contribution in [0.2, 0.25) is 0 Å². The third kappa shape index (κ3) is 2.99. The zero-order valence-electron chi connectivity index (χ0n) is 13.6. The largest absolute Gasteiger partial charge is 0.396 e. The molecule has 0 aliphatic heterocycles. The molecule has 0 unspecified atom stereocenters. The average Bonchev–Trinajstić information content (AvgIpc) is 3.25. The van der Waals surface area contributed by atoms with Crippen molar-refractivity contribution in [3.05, 3.63) is 52.3 Å². The maximum Gasteiger partial charge on any atom is 0.269 e. The van der Waals surface area contributed by atoms with Gasteiger partial charge in [-0.3, -0.25) is 9.89 Å². The van der Waals surface area contributed by atoms with E-state index in [4.69, 9.17) is 5.73 Å². The van der Waals surface area contributed by atoms with Crippen LogP contribution in [0, 0.1) is 0 Å². The van der Waals surface area contributed by atoms with E-state index in [0.29, 0.717) is 11.7 Å². The van der Waals surface area contributed by atoms with Crippen LogP contribution < -0.4 is 11.1 Å². The van der Waals surface area contributed by atoms with Gasteiger partial charge in [0.05, 0.1) is 10.6 Å². The van der Waals surface area contributed by atoms with E-state index in [1.165, 1.54) is 17.5 Å². The molecule has 134 valence electrons. The monoisotopic (exact) mass is 388 g/mol. The molecule has 7 nitrogen and oxygen atoms in total. The van der Waals surface area contributed by atoms with Crippen molar-refractivity contribution in [2.45, 2.75) is 28.6 Å². The summed E-state index contributed by atoms with van der Waals surface area (Å²) in [6.07, 6.45) is 2.24. The number of carbonyl (C=O) groups excluding carboxylic acids is 1. The van der Waals surface area contributed by atoms with E-state index in [2.05, 4.69) is 15.5 Å². The highest BCUT2D eigenvalue weighted by atomic mass is 32.2. The Balaban J connectivity index is 1.59. The zero-order chi connectivity index (χ0) is 18.3. The Hall–Kier alpha value is -2.65. The second-order valence-electron chi connectivity index (χ2n) is 6.10.